The molecule has 8 heteroatoms. The quantitative estimate of drug-likeness (QED) is 0.427. The van der Waals surface area contributed by atoms with Crippen molar-refractivity contribution < 1.29 is 13.9 Å². The summed E-state index contributed by atoms with van der Waals surface area (Å²) < 4.78 is 10.8. The van der Waals surface area contributed by atoms with Gasteiger partial charge < -0.3 is 14.5 Å². The second-order valence-corrected chi connectivity index (χ2v) is 9.19. The molecule has 0 aliphatic heterocycles. The first-order valence-corrected chi connectivity index (χ1v) is 11.5. The predicted octanol–water partition coefficient (Wildman–Crippen LogP) is 5.68. The lowest BCUT2D eigenvalue weighted by Crippen LogP contribution is -2.14. The highest BCUT2D eigenvalue weighted by Gasteiger charge is 2.13. The third kappa shape index (κ3) is 6.03. The highest BCUT2D eigenvalue weighted by molar-refractivity contribution is 8.00. The molecule has 2 aromatic carbocycles. The number of benzene rings is 2. The highest BCUT2D eigenvalue weighted by atomic mass is 32.2. The van der Waals surface area contributed by atoms with Crippen LogP contribution < -0.4 is 10.1 Å². The molecule has 1 atom stereocenters. The fraction of sp³-hybridized carbons (Fsp3) is 0.318. The summed E-state index contributed by atoms with van der Waals surface area (Å²) in [5.41, 5.74) is 2.66. The van der Waals surface area contributed by atoms with Crippen LogP contribution in [0.15, 0.2) is 57.0 Å². The van der Waals surface area contributed by atoms with E-state index < -0.39 is 0 Å². The van der Waals surface area contributed by atoms with E-state index in [9.17, 15) is 4.79 Å². The Balaban J connectivity index is 1.54. The fourth-order valence-electron chi connectivity index (χ4n) is 2.60. The molecule has 0 fully saturated rings. The van der Waals surface area contributed by atoms with Crippen LogP contribution in [-0.4, -0.2) is 34.2 Å². The molecule has 0 bridgehead atoms. The first-order valence-electron chi connectivity index (χ1n) is 9.66. The van der Waals surface area contributed by atoms with Crippen LogP contribution in [0.2, 0.25) is 0 Å². The van der Waals surface area contributed by atoms with E-state index in [0.717, 1.165) is 29.0 Å². The molecule has 6 nitrogen and oxygen atoms in total. The summed E-state index contributed by atoms with van der Waals surface area (Å²) in [7, 11) is 1.61. The van der Waals surface area contributed by atoms with Gasteiger partial charge in [0.15, 0.2) is 0 Å². The number of anilines is 1. The number of nitrogens with zero attached hydrogens (tertiary/aromatic N) is 2. The molecule has 0 spiro atoms. The number of hydrogen-bond acceptors (Lipinski definition) is 7. The van der Waals surface area contributed by atoms with Gasteiger partial charge in [-0.1, -0.05) is 25.6 Å². The van der Waals surface area contributed by atoms with Gasteiger partial charge in [0.25, 0.3) is 5.22 Å². The van der Waals surface area contributed by atoms with Crippen molar-refractivity contribution in [3.8, 4) is 17.2 Å². The maximum atomic E-state index is 12.4. The van der Waals surface area contributed by atoms with Crippen LogP contribution in [0.5, 0.6) is 5.75 Å². The minimum Gasteiger partial charge on any atom is -0.497 e. The number of carbonyl (C=O) groups excluding carboxylic acids is 1. The number of amides is 1. The van der Waals surface area contributed by atoms with E-state index in [1.54, 1.807) is 7.11 Å². The Morgan fingerprint density at radius 1 is 1.20 bits per heavy atom. The summed E-state index contributed by atoms with van der Waals surface area (Å²) in [6.07, 6.45) is 1.12. The first kappa shape index (κ1) is 22.2. The molecule has 0 saturated heterocycles. The van der Waals surface area contributed by atoms with Gasteiger partial charge in [0.2, 0.25) is 11.8 Å². The van der Waals surface area contributed by atoms with Crippen molar-refractivity contribution >= 4 is 35.1 Å². The summed E-state index contributed by atoms with van der Waals surface area (Å²) in [4.78, 5) is 13.6. The second kappa shape index (κ2) is 10.5. The average molecular weight is 444 g/mol. The molecular formula is C22H25N3O3S2. The zero-order valence-corrected chi connectivity index (χ0v) is 19.1. The summed E-state index contributed by atoms with van der Waals surface area (Å²) in [5, 5.41) is 11.9. The van der Waals surface area contributed by atoms with Crippen molar-refractivity contribution in [2.75, 3.05) is 18.2 Å². The van der Waals surface area contributed by atoms with E-state index in [2.05, 4.69) is 35.4 Å². The molecule has 1 unspecified atom stereocenters. The number of hydrogen-bond donors (Lipinski definition) is 1. The lowest BCUT2D eigenvalue weighted by atomic mass is 10.2. The van der Waals surface area contributed by atoms with Crippen molar-refractivity contribution in [3.05, 3.63) is 48.0 Å². The Bertz CT molecular complexity index is 990. The third-order valence-electron chi connectivity index (χ3n) is 4.45. The smallest absolute Gasteiger partial charge is 0.277 e. The van der Waals surface area contributed by atoms with Gasteiger partial charge in [-0.2, -0.15) is 0 Å². The predicted molar refractivity (Wildman–Crippen MR) is 122 cm³/mol. The van der Waals surface area contributed by atoms with Gasteiger partial charge in [0.05, 0.1) is 12.9 Å². The summed E-state index contributed by atoms with van der Waals surface area (Å²) in [6, 6.07) is 13.5. The number of ether oxygens (including phenoxy) is 1. The lowest BCUT2D eigenvalue weighted by molar-refractivity contribution is -0.113. The standard InChI is InChI=1S/C22H25N3O3S2/c1-5-15(3)30-18-10-11-19(14(2)12-18)23-20(26)13-29-22-25-24-21(28-22)16-6-8-17(27-4)9-7-16/h6-12,15H,5,13H2,1-4H3,(H,23,26). The van der Waals surface area contributed by atoms with Gasteiger partial charge in [-0.15, -0.1) is 22.0 Å². The van der Waals surface area contributed by atoms with E-state index >= 15 is 0 Å². The van der Waals surface area contributed by atoms with Crippen molar-refractivity contribution in [1.29, 1.82) is 0 Å². The number of methoxy groups -OCH3 is 1. The monoisotopic (exact) mass is 443 g/mol. The van der Waals surface area contributed by atoms with E-state index in [0.29, 0.717) is 16.4 Å². The van der Waals surface area contributed by atoms with Crippen molar-refractivity contribution in [2.24, 2.45) is 0 Å². The average Bonchev–Trinajstić information content (AvgIpc) is 3.23. The number of thioether (sulfide) groups is 2. The van der Waals surface area contributed by atoms with E-state index in [1.807, 2.05) is 55.1 Å². The van der Waals surface area contributed by atoms with Crippen LogP contribution in [-0.2, 0) is 4.79 Å². The van der Waals surface area contributed by atoms with E-state index in [4.69, 9.17) is 9.15 Å². The fourth-order valence-corrected chi connectivity index (χ4v) is 4.18. The van der Waals surface area contributed by atoms with Gasteiger partial charge in [-0.25, -0.2) is 0 Å². The third-order valence-corrected chi connectivity index (χ3v) is 6.53. The Kier molecular flexibility index (Phi) is 7.81. The molecule has 1 aromatic heterocycles. The Labute approximate surface area is 185 Å². The summed E-state index contributed by atoms with van der Waals surface area (Å²) in [6.45, 7) is 6.40. The van der Waals surface area contributed by atoms with E-state index in [-0.39, 0.29) is 11.7 Å². The molecule has 0 radical (unpaired) electrons. The van der Waals surface area contributed by atoms with Crippen molar-refractivity contribution in [1.82, 2.24) is 10.2 Å². The van der Waals surface area contributed by atoms with Crippen LogP contribution in [0.1, 0.15) is 25.8 Å². The molecule has 1 amide bonds. The molecule has 3 rings (SSSR count). The van der Waals surface area contributed by atoms with Gasteiger partial charge >= 0.3 is 0 Å². The van der Waals surface area contributed by atoms with Gasteiger partial charge in [0, 0.05) is 21.4 Å². The molecule has 3 aromatic rings. The largest absolute Gasteiger partial charge is 0.497 e. The number of aromatic nitrogens is 2. The SMILES string of the molecule is CCC(C)Sc1ccc(NC(=O)CSc2nnc(-c3ccc(OC)cc3)o2)c(C)c1. The number of rotatable bonds is 9. The Morgan fingerprint density at radius 2 is 1.97 bits per heavy atom. The zero-order valence-electron chi connectivity index (χ0n) is 17.5. The van der Waals surface area contributed by atoms with Gasteiger partial charge in [0.1, 0.15) is 5.75 Å². The van der Waals surface area contributed by atoms with E-state index in [1.165, 1.54) is 16.7 Å². The van der Waals surface area contributed by atoms with Crippen LogP contribution in [0.4, 0.5) is 5.69 Å². The lowest BCUT2D eigenvalue weighted by Gasteiger charge is -2.12. The normalized spacial score (nSPS) is 11.9. The summed E-state index contributed by atoms with van der Waals surface area (Å²) in [5.74, 6) is 1.24. The molecule has 0 saturated carbocycles. The van der Waals surface area contributed by atoms with Crippen LogP contribution >= 0.6 is 23.5 Å². The molecule has 0 aliphatic rings. The topological polar surface area (TPSA) is 77.2 Å². The maximum Gasteiger partial charge on any atom is 0.277 e. The van der Waals surface area contributed by atoms with Gasteiger partial charge in [-0.3, -0.25) is 4.79 Å². The maximum absolute atomic E-state index is 12.4. The van der Waals surface area contributed by atoms with Crippen molar-refractivity contribution in [3.63, 3.8) is 0 Å². The molecule has 1 N–H and O–H groups in total. The number of carbonyl (C=O) groups is 1. The van der Waals surface area contributed by atoms with Gasteiger partial charge in [-0.05, 0) is 61.4 Å². The minimum absolute atomic E-state index is 0.116. The van der Waals surface area contributed by atoms with Crippen LogP contribution in [0, 0.1) is 6.92 Å². The highest BCUT2D eigenvalue weighted by Crippen LogP contribution is 2.29. The second-order valence-electron chi connectivity index (χ2n) is 6.75. The molecule has 0 aliphatic carbocycles. The summed E-state index contributed by atoms with van der Waals surface area (Å²) >= 11 is 3.05. The molecule has 1 heterocycles. The van der Waals surface area contributed by atoms with Crippen LogP contribution in [0.3, 0.4) is 0 Å². The number of nitrogens with one attached hydrogen (secondary N) is 1. The van der Waals surface area contributed by atoms with Crippen molar-refractivity contribution in [2.45, 2.75) is 42.6 Å². The minimum atomic E-state index is -0.116. The Hall–Kier alpha value is -2.45. The number of aryl methyl sites for hydroxylation is 1. The zero-order chi connectivity index (χ0) is 21.5. The molecular weight excluding hydrogens is 418 g/mol. The molecule has 158 valence electrons. The first-order chi connectivity index (χ1) is 14.5. The Morgan fingerprint density at radius 3 is 2.63 bits per heavy atom. The van der Waals surface area contributed by atoms with Crippen LogP contribution in [0.25, 0.3) is 11.5 Å². The molecule has 30 heavy (non-hydrogen) atoms.